The van der Waals surface area contributed by atoms with Crippen molar-refractivity contribution in [2.75, 3.05) is 19.8 Å². The molecule has 0 fully saturated rings. The molecule has 5 nitrogen and oxygen atoms in total. The molecule has 2 unspecified atom stereocenters. The van der Waals surface area contributed by atoms with E-state index in [1.165, 1.54) is 0 Å². The highest BCUT2D eigenvalue weighted by molar-refractivity contribution is 5.75. The zero-order chi connectivity index (χ0) is 25.9. The Labute approximate surface area is 214 Å². The van der Waals surface area contributed by atoms with E-state index in [2.05, 4.69) is 43.3 Å². The van der Waals surface area contributed by atoms with Gasteiger partial charge in [-0.1, -0.05) is 54.6 Å². The minimum Gasteiger partial charge on any atom is -0.490 e. The molecule has 0 amide bonds. The minimum atomic E-state index is -0.596. The van der Waals surface area contributed by atoms with Crippen molar-refractivity contribution >= 4 is 11.5 Å². The maximum Gasteiger partial charge on any atom is 0.335 e. The number of ether oxygens (including phenoxy) is 3. The van der Waals surface area contributed by atoms with E-state index in [1.807, 2.05) is 49.4 Å². The number of esters is 1. The largest absolute Gasteiger partial charge is 0.490 e. The molecule has 0 spiro atoms. The van der Waals surface area contributed by atoms with Gasteiger partial charge in [0.25, 0.3) is 0 Å². The maximum absolute atomic E-state index is 12.1. The summed E-state index contributed by atoms with van der Waals surface area (Å²) >= 11 is 0. The van der Waals surface area contributed by atoms with E-state index in [0.717, 1.165) is 39.1 Å². The Balaban J connectivity index is 1.56. The highest BCUT2D eigenvalue weighted by atomic mass is 16.6. The molecule has 36 heavy (non-hydrogen) atoms. The van der Waals surface area contributed by atoms with E-state index >= 15 is 0 Å². The van der Waals surface area contributed by atoms with Gasteiger partial charge in [0, 0.05) is 13.0 Å². The van der Waals surface area contributed by atoms with Crippen molar-refractivity contribution in [3.05, 3.63) is 95.6 Å². The van der Waals surface area contributed by atoms with Gasteiger partial charge in [-0.25, -0.2) is 4.79 Å². The summed E-state index contributed by atoms with van der Waals surface area (Å²) in [5.41, 5.74) is 6.35. The average Bonchev–Trinajstić information content (AvgIpc) is 2.89. The van der Waals surface area contributed by atoms with Gasteiger partial charge >= 0.3 is 5.97 Å². The number of hydrogen-bond acceptors (Lipinski definition) is 5. The van der Waals surface area contributed by atoms with Crippen molar-refractivity contribution in [2.45, 2.75) is 46.3 Å². The van der Waals surface area contributed by atoms with Crippen LogP contribution in [0.5, 0.6) is 5.75 Å². The number of hydrogen-bond donors (Lipinski definition) is 1. The van der Waals surface area contributed by atoms with Crippen LogP contribution < -0.4 is 4.74 Å². The first-order valence-corrected chi connectivity index (χ1v) is 12.5. The van der Waals surface area contributed by atoms with Crippen LogP contribution in [0.4, 0.5) is 0 Å². The molecular formula is C31H36O5. The number of benzene rings is 3. The zero-order valence-corrected chi connectivity index (χ0v) is 21.6. The first-order chi connectivity index (χ1) is 17.4. The van der Waals surface area contributed by atoms with Gasteiger partial charge in [-0.2, -0.15) is 0 Å². The van der Waals surface area contributed by atoms with Crippen molar-refractivity contribution in [3.63, 3.8) is 0 Å². The molecule has 0 aliphatic rings. The van der Waals surface area contributed by atoms with Crippen molar-refractivity contribution < 1.29 is 24.1 Å². The number of carbonyl (C=O) groups excluding carboxylic acids is 1. The summed E-state index contributed by atoms with van der Waals surface area (Å²) in [5, 5.41) is 9.84. The summed E-state index contributed by atoms with van der Waals surface area (Å²) in [6.07, 6.45) is 1.44. The lowest BCUT2D eigenvalue weighted by atomic mass is 9.98. The smallest absolute Gasteiger partial charge is 0.335 e. The molecule has 190 valence electrons. The maximum atomic E-state index is 12.1. The Morgan fingerprint density at radius 3 is 2.31 bits per heavy atom. The molecule has 0 radical (unpaired) electrons. The van der Waals surface area contributed by atoms with Crippen LogP contribution >= 0.6 is 0 Å². The van der Waals surface area contributed by atoms with Gasteiger partial charge < -0.3 is 19.3 Å². The third kappa shape index (κ3) is 7.80. The van der Waals surface area contributed by atoms with E-state index < -0.39 is 12.2 Å². The van der Waals surface area contributed by atoms with Crippen molar-refractivity contribution in [2.24, 2.45) is 0 Å². The molecule has 2 atom stereocenters. The number of carbonyl (C=O) groups is 1. The molecule has 0 aliphatic heterocycles. The molecule has 0 saturated heterocycles. The first kappa shape index (κ1) is 27.2. The normalized spacial score (nSPS) is 13.2. The third-order valence-corrected chi connectivity index (χ3v) is 5.94. The molecule has 0 aliphatic carbocycles. The van der Waals surface area contributed by atoms with Gasteiger partial charge in [-0.15, -0.1) is 0 Å². The van der Waals surface area contributed by atoms with Gasteiger partial charge in [0.05, 0.1) is 12.7 Å². The van der Waals surface area contributed by atoms with Gasteiger partial charge in [-0.3, -0.25) is 0 Å². The van der Waals surface area contributed by atoms with Crippen LogP contribution in [0.15, 0.2) is 78.9 Å². The van der Waals surface area contributed by atoms with Crippen LogP contribution in [0.3, 0.4) is 0 Å². The lowest BCUT2D eigenvalue weighted by molar-refractivity contribution is -0.156. The van der Waals surface area contributed by atoms with Crippen LogP contribution in [-0.4, -0.2) is 37.0 Å². The van der Waals surface area contributed by atoms with E-state index in [4.69, 9.17) is 14.2 Å². The quantitative estimate of drug-likeness (QED) is 0.299. The van der Waals surface area contributed by atoms with Crippen molar-refractivity contribution in [1.82, 2.24) is 0 Å². The minimum absolute atomic E-state index is 0.332. The highest BCUT2D eigenvalue weighted by Crippen LogP contribution is 2.25. The molecule has 0 aromatic heterocycles. The number of rotatable bonds is 12. The molecule has 0 heterocycles. The number of allylic oxidation sites excluding steroid dienone is 1. The molecular weight excluding hydrogens is 452 g/mol. The van der Waals surface area contributed by atoms with Crippen molar-refractivity contribution in [1.29, 1.82) is 0 Å². The summed E-state index contributed by atoms with van der Waals surface area (Å²) in [7, 11) is 0. The molecule has 0 bridgehead atoms. The number of aliphatic hydroxyl groups is 1. The zero-order valence-electron chi connectivity index (χ0n) is 21.6. The van der Waals surface area contributed by atoms with Gasteiger partial charge in [0.15, 0.2) is 6.10 Å². The fraction of sp³-hybridized carbons (Fsp3) is 0.323. The fourth-order valence-electron chi connectivity index (χ4n) is 3.87. The second-order valence-electron chi connectivity index (χ2n) is 8.62. The Kier molecular flexibility index (Phi) is 10.3. The van der Waals surface area contributed by atoms with E-state index in [9.17, 15) is 9.90 Å². The molecule has 5 heteroatoms. The summed E-state index contributed by atoms with van der Waals surface area (Å²) in [4.78, 5) is 12.1. The SMILES string of the molecule is CCOC(=O)C(Cc1ccc(OCC=C(C)c2ccc(-c3cccc(C(C)O)c3)cc2)cc1)OCC. The summed E-state index contributed by atoms with van der Waals surface area (Å²) in [6.45, 7) is 8.74. The van der Waals surface area contributed by atoms with Crippen LogP contribution in [0, 0.1) is 0 Å². The summed E-state index contributed by atoms with van der Waals surface area (Å²) in [6, 6.07) is 24.1. The van der Waals surface area contributed by atoms with Crippen LogP contribution in [-0.2, 0) is 20.7 Å². The lowest BCUT2D eigenvalue weighted by Crippen LogP contribution is -2.28. The molecule has 3 aromatic carbocycles. The third-order valence-electron chi connectivity index (χ3n) is 5.94. The van der Waals surface area contributed by atoms with Gasteiger partial charge in [-0.05, 0) is 85.4 Å². The predicted octanol–water partition coefficient (Wildman–Crippen LogP) is 6.40. The van der Waals surface area contributed by atoms with Crippen LogP contribution in [0.2, 0.25) is 0 Å². The first-order valence-electron chi connectivity index (χ1n) is 12.5. The van der Waals surface area contributed by atoms with Crippen LogP contribution in [0.25, 0.3) is 16.7 Å². The van der Waals surface area contributed by atoms with Gasteiger partial charge in [0.2, 0.25) is 0 Å². The second-order valence-corrected chi connectivity index (χ2v) is 8.62. The number of aliphatic hydroxyl groups excluding tert-OH is 1. The Morgan fingerprint density at radius 2 is 1.67 bits per heavy atom. The van der Waals surface area contributed by atoms with Crippen LogP contribution in [0.1, 0.15) is 50.5 Å². The predicted molar refractivity (Wildman–Crippen MR) is 144 cm³/mol. The Hall–Kier alpha value is -3.41. The topological polar surface area (TPSA) is 65.0 Å². The Bertz CT molecular complexity index is 1130. The summed E-state index contributed by atoms with van der Waals surface area (Å²) in [5.74, 6) is 0.432. The molecule has 3 rings (SSSR count). The molecule has 0 saturated carbocycles. The van der Waals surface area contributed by atoms with Gasteiger partial charge in [0.1, 0.15) is 12.4 Å². The summed E-state index contributed by atoms with van der Waals surface area (Å²) < 4.78 is 16.5. The lowest BCUT2D eigenvalue weighted by Gasteiger charge is -2.15. The highest BCUT2D eigenvalue weighted by Gasteiger charge is 2.20. The molecule has 1 N–H and O–H groups in total. The Morgan fingerprint density at radius 1 is 0.944 bits per heavy atom. The van der Waals surface area contributed by atoms with E-state index in [-0.39, 0.29) is 5.97 Å². The van der Waals surface area contributed by atoms with E-state index in [1.54, 1.807) is 13.8 Å². The second kappa shape index (κ2) is 13.6. The molecule has 3 aromatic rings. The standard InChI is InChI=1S/C31H36O5/c1-5-34-30(31(33)35-6-2)20-24-10-16-29(17-11-24)36-19-18-22(3)25-12-14-26(15-13-25)28-9-7-8-27(21-28)23(4)32/h7-18,21,23,30,32H,5-6,19-20H2,1-4H3. The average molecular weight is 489 g/mol. The van der Waals surface area contributed by atoms with E-state index in [0.29, 0.717) is 26.2 Å². The monoisotopic (exact) mass is 488 g/mol. The fourth-order valence-corrected chi connectivity index (χ4v) is 3.87. The van der Waals surface area contributed by atoms with Crippen molar-refractivity contribution in [3.8, 4) is 16.9 Å².